The van der Waals surface area contributed by atoms with Crippen LogP contribution in [0.3, 0.4) is 0 Å². The summed E-state index contributed by atoms with van der Waals surface area (Å²) in [4.78, 5) is 18.2. The molecule has 1 aliphatic rings. The first-order valence-electron chi connectivity index (χ1n) is 6.32. The molecule has 1 aromatic rings. The Bertz CT molecular complexity index is 364. The lowest BCUT2D eigenvalue weighted by molar-refractivity contribution is -0.128. The Morgan fingerprint density at radius 2 is 2.33 bits per heavy atom. The molecule has 98 valence electrons. The number of hydrogen-bond acceptors (Lipinski definition) is 4. The quantitative estimate of drug-likeness (QED) is 0.886. The molecule has 4 nitrogen and oxygen atoms in total. The molecule has 0 radical (unpaired) electrons. The normalized spacial score (nSPS) is 16.3. The Kier molecular flexibility index (Phi) is 5.48. The maximum Gasteiger partial charge on any atom is 0.232 e. The lowest BCUT2D eigenvalue weighted by atomic mass is 10.4. The summed E-state index contributed by atoms with van der Waals surface area (Å²) in [6.45, 7) is 3.65. The van der Waals surface area contributed by atoms with Crippen molar-refractivity contribution in [3.05, 3.63) is 30.1 Å². The van der Waals surface area contributed by atoms with Gasteiger partial charge in [-0.15, -0.1) is 11.8 Å². The van der Waals surface area contributed by atoms with Gasteiger partial charge in [0.15, 0.2) is 0 Å². The highest BCUT2D eigenvalue weighted by Gasteiger charge is 2.14. The van der Waals surface area contributed by atoms with Crippen LogP contribution in [0.25, 0.3) is 0 Å². The highest BCUT2D eigenvalue weighted by atomic mass is 32.2. The standard InChI is InChI=1S/C13H19N3OS/c17-13(16-8-3-5-14-7-9-16)11-18-10-12-4-1-2-6-15-12/h1-2,4,6,14H,3,5,7-11H2. The van der Waals surface area contributed by atoms with Crippen LogP contribution in [0.15, 0.2) is 24.4 Å². The Labute approximate surface area is 112 Å². The molecule has 5 heteroatoms. The second-order valence-electron chi connectivity index (χ2n) is 4.30. The van der Waals surface area contributed by atoms with Crippen LogP contribution in [0.4, 0.5) is 0 Å². The molecule has 0 aromatic carbocycles. The zero-order chi connectivity index (χ0) is 12.6. The maximum absolute atomic E-state index is 12.0. The van der Waals surface area contributed by atoms with Crippen molar-refractivity contribution < 1.29 is 4.79 Å². The fourth-order valence-corrected chi connectivity index (χ4v) is 2.75. The summed E-state index contributed by atoms with van der Waals surface area (Å²) >= 11 is 1.64. The van der Waals surface area contributed by atoms with Gasteiger partial charge in [0.05, 0.1) is 11.4 Å². The molecule has 0 bridgehead atoms. The minimum Gasteiger partial charge on any atom is -0.341 e. The molecule has 18 heavy (non-hydrogen) atoms. The fraction of sp³-hybridized carbons (Fsp3) is 0.538. The van der Waals surface area contributed by atoms with Crippen molar-refractivity contribution in [1.82, 2.24) is 15.2 Å². The van der Waals surface area contributed by atoms with E-state index >= 15 is 0 Å². The van der Waals surface area contributed by atoms with Crippen LogP contribution in [-0.2, 0) is 10.5 Å². The number of carbonyl (C=O) groups excluding carboxylic acids is 1. The van der Waals surface area contributed by atoms with Crippen LogP contribution in [0, 0.1) is 0 Å². The Balaban J connectivity index is 1.71. The van der Waals surface area contributed by atoms with E-state index in [1.54, 1.807) is 18.0 Å². The first kappa shape index (κ1) is 13.4. The lowest BCUT2D eigenvalue weighted by Crippen LogP contribution is -2.35. The Morgan fingerprint density at radius 3 is 3.17 bits per heavy atom. The van der Waals surface area contributed by atoms with E-state index in [2.05, 4.69) is 10.3 Å². The predicted octanol–water partition coefficient (Wildman–Crippen LogP) is 1.14. The molecule has 0 atom stereocenters. The van der Waals surface area contributed by atoms with Crippen LogP contribution >= 0.6 is 11.8 Å². The Morgan fingerprint density at radius 1 is 1.39 bits per heavy atom. The van der Waals surface area contributed by atoms with Crippen LogP contribution in [0.5, 0.6) is 0 Å². The summed E-state index contributed by atoms with van der Waals surface area (Å²) in [5.41, 5.74) is 1.04. The largest absolute Gasteiger partial charge is 0.341 e. The summed E-state index contributed by atoms with van der Waals surface area (Å²) in [6, 6.07) is 5.88. The van der Waals surface area contributed by atoms with Gasteiger partial charge in [0.2, 0.25) is 5.91 Å². The number of thioether (sulfide) groups is 1. The van der Waals surface area contributed by atoms with Crippen LogP contribution < -0.4 is 5.32 Å². The summed E-state index contributed by atoms with van der Waals surface area (Å²) in [6.07, 6.45) is 2.84. The average Bonchev–Trinajstić information content (AvgIpc) is 2.69. The molecule has 1 amide bonds. The molecule has 1 N–H and O–H groups in total. The van der Waals surface area contributed by atoms with E-state index in [4.69, 9.17) is 0 Å². The average molecular weight is 265 g/mol. The van der Waals surface area contributed by atoms with Crippen molar-refractivity contribution in [2.75, 3.05) is 31.9 Å². The van der Waals surface area contributed by atoms with Gasteiger partial charge in [0.1, 0.15) is 0 Å². The summed E-state index contributed by atoms with van der Waals surface area (Å²) in [5.74, 6) is 1.61. The van der Waals surface area contributed by atoms with Crippen molar-refractivity contribution in [3.63, 3.8) is 0 Å². The van der Waals surface area contributed by atoms with Gasteiger partial charge in [-0.3, -0.25) is 9.78 Å². The van der Waals surface area contributed by atoms with Gasteiger partial charge in [-0.1, -0.05) is 6.07 Å². The van der Waals surface area contributed by atoms with Gasteiger partial charge in [-0.2, -0.15) is 0 Å². The van der Waals surface area contributed by atoms with Crippen LogP contribution in [0.2, 0.25) is 0 Å². The van der Waals surface area contributed by atoms with E-state index < -0.39 is 0 Å². The van der Waals surface area contributed by atoms with Gasteiger partial charge in [-0.05, 0) is 25.1 Å². The zero-order valence-corrected chi connectivity index (χ0v) is 11.3. The number of amides is 1. The maximum atomic E-state index is 12.0. The molecule has 1 saturated heterocycles. The molecule has 2 rings (SSSR count). The third-order valence-electron chi connectivity index (χ3n) is 2.89. The molecular weight excluding hydrogens is 246 g/mol. The van der Waals surface area contributed by atoms with Crippen molar-refractivity contribution in [2.24, 2.45) is 0 Å². The Hall–Kier alpha value is -1.07. The second-order valence-corrected chi connectivity index (χ2v) is 5.28. The van der Waals surface area contributed by atoms with Gasteiger partial charge >= 0.3 is 0 Å². The lowest BCUT2D eigenvalue weighted by Gasteiger charge is -2.19. The van der Waals surface area contributed by atoms with Crippen molar-refractivity contribution >= 4 is 17.7 Å². The molecule has 1 aromatic heterocycles. The molecular formula is C13H19N3OS. The highest BCUT2D eigenvalue weighted by Crippen LogP contribution is 2.10. The summed E-state index contributed by atoms with van der Waals surface area (Å²) in [5, 5.41) is 3.30. The number of nitrogens with zero attached hydrogens (tertiary/aromatic N) is 2. The van der Waals surface area contributed by atoms with E-state index in [-0.39, 0.29) is 5.91 Å². The molecule has 2 heterocycles. The number of rotatable bonds is 4. The number of aromatic nitrogens is 1. The van der Waals surface area contributed by atoms with Crippen LogP contribution in [-0.4, -0.2) is 47.7 Å². The summed E-state index contributed by atoms with van der Waals surface area (Å²) < 4.78 is 0. The van der Waals surface area contributed by atoms with Crippen molar-refractivity contribution in [3.8, 4) is 0 Å². The summed E-state index contributed by atoms with van der Waals surface area (Å²) in [7, 11) is 0. The van der Waals surface area contributed by atoms with E-state index in [1.807, 2.05) is 23.1 Å². The van der Waals surface area contributed by atoms with Gasteiger partial charge in [0.25, 0.3) is 0 Å². The molecule has 0 unspecified atom stereocenters. The SMILES string of the molecule is O=C(CSCc1ccccn1)N1CCCNCC1. The van der Waals surface area contributed by atoms with Gasteiger partial charge in [-0.25, -0.2) is 0 Å². The minimum absolute atomic E-state index is 0.250. The molecule has 0 aliphatic carbocycles. The van der Waals surface area contributed by atoms with E-state index in [0.29, 0.717) is 5.75 Å². The van der Waals surface area contributed by atoms with Crippen molar-refractivity contribution in [1.29, 1.82) is 0 Å². The monoisotopic (exact) mass is 265 g/mol. The first-order valence-corrected chi connectivity index (χ1v) is 7.48. The number of carbonyl (C=O) groups is 1. The van der Waals surface area contributed by atoms with E-state index in [9.17, 15) is 4.79 Å². The first-order chi connectivity index (χ1) is 8.86. The molecule has 1 aliphatic heterocycles. The molecule has 1 fully saturated rings. The molecule has 0 spiro atoms. The third-order valence-corrected chi connectivity index (χ3v) is 3.85. The van der Waals surface area contributed by atoms with E-state index in [0.717, 1.165) is 44.0 Å². The number of nitrogens with one attached hydrogen (secondary N) is 1. The van der Waals surface area contributed by atoms with Gasteiger partial charge in [0, 0.05) is 31.6 Å². The predicted molar refractivity (Wildman–Crippen MR) is 74.5 cm³/mol. The fourth-order valence-electron chi connectivity index (χ4n) is 1.91. The number of pyridine rings is 1. The van der Waals surface area contributed by atoms with Gasteiger partial charge < -0.3 is 10.2 Å². The topological polar surface area (TPSA) is 45.2 Å². The van der Waals surface area contributed by atoms with Crippen molar-refractivity contribution in [2.45, 2.75) is 12.2 Å². The minimum atomic E-state index is 0.250. The van der Waals surface area contributed by atoms with E-state index in [1.165, 1.54) is 0 Å². The van der Waals surface area contributed by atoms with Crippen LogP contribution in [0.1, 0.15) is 12.1 Å². The third kappa shape index (κ3) is 4.31. The highest BCUT2D eigenvalue weighted by molar-refractivity contribution is 7.99. The smallest absolute Gasteiger partial charge is 0.232 e. The zero-order valence-electron chi connectivity index (χ0n) is 10.5. The number of hydrogen-bond donors (Lipinski definition) is 1. The second kappa shape index (κ2) is 7.38. The molecule has 0 saturated carbocycles.